The largest absolute Gasteiger partial charge is 0.469 e. The first-order valence-corrected chi connectivity index (χ1v) is 7.00. The monoisotopic (exact) mass is 316 g/mol. The molecule has 0 saturated carbocycles. The highest BCUT2D eigenvalue weighted by Gasteiger charge is 2.43. The van der Waals surface area contributed by atoms with E-state index in [4.69, 9.17) is 4.74 Å². The number of Topliss-reactive ketones (excluding diaryl/α,β-unsaturated/α-hetero) is 1. The number of hydrogen-bond acceptors (Lipinski definition) is 7. The molecule has 7 nitrogen and oxygen atoms in total. The molecule has 22 heavy (non-hydrogen) atoms. The number of carbonyl (C=O) groups excluding carboxylic acids is 4. The van der Waals surface area contributed by atoms with E-state index in [9.17, 15) is 19.2 Å². The fourth-order valence-electron chi connectivity index (χ4n) is 2.04. The van der Waals surface area contributed by atoms with Crippen molar-refractivity contribution in [2.75, 3.05) is 14.2 Å². The van der Waals surface area contributed by atoms with Crippen LogP contribution in [0.4, 0.5) is 0 Å². The number of methoxy groups -OCH3 is 2. The van der Waals surface area contributed by atoms with Crippen LogP contribution in [0.15, 0.2) is 0 Å². The van der Waals surface area contributed by atoms with Gasteiger partial charge in [0.25, 0.3) is 0 Å². The standard InChI is InChI=1S/C15H24O7/c1-7-15(4,14(19)21-6)12(17)8-11(13(18)20-5)9(2)22-10(3)16/h9,11H,7-8H2,1-6H3/t9-,11-,15+/m1/s1. The second kappa shape index (κ2) is 8.51. The fourth-order valence-corrected chi connectivity index (χ4v) is 2.04. The van der Waals surface area contributed by atoms with Gasteiger partial charge in [-0.2, -0.15) is 0 Å². The molecule has 7 heteroatoms. The SMILES string of the molecule is CC[C@@](C)(C(=O)C[C@@H](C(=O)OC)[C@@H](C)OC(C)=O)C(=O)OC. The third-order valence-electron chi connectivity index (χ3n) is 3.79. The predicted molar refractivity (Wildman–Crippen MR) is 76.8 cm³/mol. The van der Waals surface area contributed by atoms with Crippen LogP contribution in [-0.4, -0.2) is 44.0 Å². The lowest BCUT2D eigenvalue weighted by Gasteiger charge is -2.27. The van der Waals surface area contributed by atoms with Crippen molar-refractivity contribution in [3.8, 4) is 0 Å². The van der Waals surface area contributed by atoms with Gasteiger partial charge in [0.15, 0.2) is 5.78 Å². The normalized spacial score (nSPS) is 15.9. The Morgan fingerprint density at radius 3 is 2.00 bits per heavy atom. The van der Waals surface area contributed by atoms with Crippen molar-refractivity contribution in [1.29, 1.82) is 0 Å². The highest BCUT2D eigenvalue weighted by Crippen LogP contribution is 2.29. The van der Waals surface area contributed by atoms with Gasteiger partial charge in [-0.25, -0.2) is 0 Å². The van der Waals surface area contributed by atoms with Crippen molar-refractivity contribution in [3.05, 3.63) is 0 Å². The first kappa shape index (κ1) is 20.1. The first-order valence-electron chi connectivity index (χ1n) is 7.00. The smallest absolute Gasteiger partial charge is 0.319 e. The van der Waals surface area contributed by atoms with E-state index in [2.05, 4.69) is 9.47 Å². The first-order chi connectivity index (χ1) is 10.1. The molecule has 0 spiro atoms. The molecule has 0 aromatic rings. The zero-order valence-electron chi connectivity index (χ0n) is 13.9. The summed E-state index contributed by atoms with van der Waals surface area (Å²) < 4.78 is 14.3. The van der Waals surface area contributed by atoms with Gasteiger partial charge in [-0.05, 0) is 20.3 Å². The molecular formula is C15H24O7. The summed E-state index contributed by atoms with van der Waals surface area (Å²) in [4.78, 5) is 47.2. The number of carbonyl (C=O) groups is 4. The number of ether oxygens (including phenoxy) is 3. The molecule has 0 aromatic carbocycles. The van der Waals surface area contributed by atoms with Gasteiger partial charge in [0.2, 0.25) is 0 Å². The van der Waals surface area contributed by atoms with Gasteiger partial charge < -0.3 is 14.2 Å². The van der Waals surface area contributed by atoms with E-state index in [-0.39, 0.29) is 12.8 Å². The second-order valence-corrected chi connectivity index (χ2v) is 5.25. The molecule has 0 aliphatic rings. The van der Waals surface area contributed by atoms with Crippen LogP contribution in [0.2, 0.25) is 0 Å². The molecule has 0 aliphatic heterocycles. The molecule has 0 unspecified atom stereocenters. The molecule has 0 rings (SSSR count). The van der Waals surface area contributed by atoms with E-state index < -0.39 is 41.1 Å². The Morgan fingerprint density at radius 1 is 1.09 bits per heavy atom. The highest BCUT2D eigenvalue weighted by molar-refractivity contribution is 6.04. The minimum absolute atomic E-state index is 0.231. The van der Waals surface area contributed by atoms with Gasteiger partial charge >= 0.3 is 17.9 Å². The van der Waals surface area contributed by atoms with Crippen molar-refractivity contribution in [1.82, 2.24) is 0 Å². The molecule has 0 amide bonds. The van der Waals surface area contributed by atoms with Gasteiger partial charge in [-0.1, -0.05) is 6.92 Å². The summed E-state index contributed by atoms with van der Waals surface area (Å²) in [7, 11) is 2.38. The number of esters is 3. The van der Waals surface area contributed by atoms with Crippen LogP contribution in [-0.2, 0) is 33.4 Å². The molecule has 0 aromatic heterocycles. The average molecular weight is 316 g/mol. The van der Waals surface area contributed by atoms with E-state index in [1.807, 2.05) is 0 Å². The van der Waals surface area contributed by atoms with Crippen molar-refractivity contribution in [3.63, 3.8) is 0 Å². The Balaban J connectivity index is 5.29. The lowest BCUT2D eigenvalue weighted by Crippen LogP contribution is -2.41. The highest BCUT2D eigenvalue weighted by atomic mass is 16.6. The number of hydrogen-bond donors (Lipinski definition) is 0. The molecule has 3 atom stereocenters. The molecule has 0 saturated heterocycles. The molecule has 0 N–H and O–H groups in total. The van der Waals surface area contributed by atoms with E-state index in [0.29, 0.717) is 0 Å². The average Bonchev–Trinajstić information content (AvgIpc) is 2.48. The minimum atomic E-state index is -1.35. The van der Waals surface area contributed by atoms with Gasteiger partial charge in [0.05, 0.1) is 14.2 Å². The minimum Gasteiger partial charge on any atom is -0.469 e. The van der Waals surface area contributed by atoms with Crippen LogP contribution < -0.4 is 0 Å². The van der Waals surface area contributed by atoms with Crippen LogP contribution in [0, 0.1) is 11.3 Å². The van der Waals surface area contributed by atoms with Gasteiger partial charge in [0, 0.05) is 13.3 Å². The maximum atomic E-state index is 12.5. The predicted octanol–water partition coefficient (Wildman–Crippen LogP) is 1.28. The Bertz CT molecular complexity index is 443. The number of ketones is 1. The van der Waals surface area contributed by atoms with Crippen LogP contribution in [0.25, 0.3) is 0 Å². The van der Waals surface area contributed by atoms with Crippen LogP contribution >= 0.6 is 0 Å². The molecule has 0 aliphatic carbocycles. The van der Waals surface area contributed by atoms with Crippen LogP contribution in [0.3, 0.4) is 0 Å². The van der Waals surface area contributed by atoms with E-state index >= 15 is 0 Å². The van der Waals surface area contributed by atoms with Crippen LogP contribution in [0.5, 0.6) is 0 Å². The maximum Gasteiger partial charge on any atom is 0.319 e. The summed E-state index contributed by atoms with van der Waals surface area (Å²) in [6, 6.07) is 0. The molecular weight excluding hydrogens is 292 g/mol. The van der Waals surface area contributed by atoms with E-state index in [1.165, 1.54) is 35.0 Å². The van der Waals surface area contributed by atoms with Gasteiger partial charge in [-0.15, -0.1) is 0 Å². The number of rotatable bonds is 8. The van der Waals surface area contributed by atoms with Gasteiger partial charge in [-0.3, -0.25) is 19.2 Å². The zero-order chi connectivity index (χ0) is 17.5. The second-order valence-electron chi connectivity index (χ2n) is 5.25. The van der Waals surface area contributed by atoms with Crippen molar-refractivity contribution in [2.24, 2.45) is 11.3 Å². The summed E-state index contributed by atoms with van der Waals surface area (Å²) >= 11 is 0. The lowest BCUT2D eigenvalue weighted by atomic mass is 9.78. The Kier molecular flexibility index (Phi) is 7.76. The zero-order valence-corrected chi connectivity index (χ0v) is 13.9. The molecule has 0 fully saturated rings. The summed E-state index contributed by atoms with van der Waals surface area (Å²) in [5.41, 5.74) is -1.35. The fraction of sp³-hybridized carbons (Fsp3) is 0.733. The van der Waals surface area contributed by atoms with Crippen molar-refractivity contribution in [2.45, 2.75) is 46.6 Å². The van der Waals surface area contributed by atoms with Crippen molar-refractivity contribution >= 4 is 23.7 Å². The Labute approximate surface area is 130 Å². The quantitative estimate of drug-likeness (QED) is 0.378. The van der Waals surface area contributed by atoms with Crippen molar-refractivity contribution < 1.29 is 33.4 Å². The Hall–Kier alpha value is -1.92. The summed E-state index contributed by atoms with van der Waals surface area (Å²) in [6.45, 7) is 5.85. The summed E-state index contributed by atoms with van der Waals surface area (Å²) in [6.07, 6.45) is -0.887. The molecule has 0 radical (unpaired) electrons. The van der Waals surface area contributed by atoms with E-state index in [1.54, 1.807) is 6.92 Å². The maximum absolute atomic E-state index is 12.5. The summed E-state index contributed by atoms with van der Waals surface area (Å²) in [5.74, 6) is -3.34. The van der Waals surface area contributed by atoms with E-state index in [0.717, 1.165) is 0 Å². The lowest BCUT2D eigenvalue weighted by molar-refractivity contribution is -0.164. The van der Waals surface area contributed by atoms with Crippen LogP contribution in [0.1, 0.15) is 40.5 Å². The molecule has 126 valence electrons. The molecule has 0 heterocycles. The third-order valence-corrected chi connectivity index (χ3v) is 3.79. The summed E-state index contributed by atoms with van der Waals surface area (Å²) in [5, 5.41) is 0. The topological polar surface area (TPSA) is 96.0 Å². The third kappa shape index (κ3) is 4.82. The van der Waals surface area contributed by atoms with Gasteiger partial charge in [0.1, 0.15) is 17.4 Å². The molecule has 0 bridgehead atoms. The Morgan fingerprint density at radius 2 is 1.64 bits per heavy atom.